The van der Waals surface area contributed by atoms with Gasteiger partial charge in [-0.2, -0.15) is 0 Å². The summed E-state index contributed by atoms with van der Waals surface area (Å²) < 4.78 is 38.6. The van der Waals surface area contributed by atoms with Gasteiger partial charge < -0.3 is 9.47 Å². The lowest BCUT2D eigenvalue weighted by molar-refractivity contribution is 0.208. The first-order chi connectivity index (χ1) is 14.6. The highest BCUT2D eigenvalue weighted by Gasteiger charge is 2.26. The Hall–Kier alpha value is -3.16. The van der Waals surface area contributed by atoms with Crippen molar-refractivity contribution in [3.05, 3.63) is 84.2 Å². The first-order valence-corrected chi connectivity index (χ1v) is 10.8. The smallest absolute Gasteiger partial charge is 0.264 e. The van der Waals surface area contributed by atoms with Crippen LogP contribution in [0, 0.1) is 0 Å². The van der Waals surface area contributed by atoms with Crippen molar-refractivity contribution >= 4 is 27.9 Å². The number of anilines is 1. The summed E-state index contributed by atoms with van der Waals surface area (Å²) >= 11 is 0. The van der Waals surface area contributed by atoms with Crippen molar-refractivity contribution in [3.63, 3.8) is 0 Å². The molecule has 6 nitrogen and oxygen atoms in total. The molecule has 0 spiro atoms. The maximum atomic E-state index is 13.5. The monoisotopic (exact) mass is 424 g/mol. The highest BCUT2D eigenvalue weighted by molar-refractivity contribution is 7.92. The van der Waals surface area contributed by atoms with Crippen LogP contribution in [0.5, 0.6) is 5.75 Å². The van der Waals surface area contributed by atoms with Gasteiger partial charge >= 0.3 is 0 Å². The van der Waals surface area contributed by atoms with Crippen molar-refractivity contribution in [2.45, 2.75) is 4.90 Å². The minimum absolute atomic E-state index is 0.185. The number of sulfonamides is 1. The third kappa shape index (κ3) is 5.06. The van der Waals surface area contributed by atoms with Crippen molar-refractivity contribution in [1.82, 2.24) is 4.98 Å². The van der Waals surface area contributed by atoms with E-state index < -0.39 is 10.0 Å². The SMILES string of the molecule is COCCN(c1ccccc1C=Cc1ccncc1)S(=O)(=O)c1ccc(OC)cc1. The molecule has 0 saturated heterocycles. The number of hydrogen-bond acceptors (Lipinski definition) is 5. The van der Waals surface area contributed by atoms with Crippen LogP contribution < -0.4 is 9.04 Å². The van der Waals surface area contributed by atoms with Gasteiger partial charge in [-0.05, 0) is 53.6 Å². The fourth-order valence-electron chi connectivity index (χ4n) is 2.94. The number of para-hydroxylation sites is 1. The average Bonchev–Trinajstić information content (AvgIpc) is 2.79. The van der Waals surface area contributed by atoms with E-state index in [2.05, 4.69) is 4.98 Å². The molecule has 0 aliphatic carbocycles. The van der Waals surface area contributed by atoms with E-state index in [1.165, 1.54) is 4.31 Å². The summed E-state index contributed by atoms with van der Waals surface area (Å²) in [4.78, 5) is 4.20. The minimum atomic E-state index is -3.80. The molecule has 0 unspecified atom stereocenters. The highest BCUT2D eigenvalue weighted by Crippen LogP contribution is 2.29. The number of benzene rings is 2. The zero-order valence-electron chi connectivity index (χ0n) is 16.9. The van der Waals surface area contributed by atoms with Crippen molar-refractivity contribution in [3.8, 4) is 5.75 Å². The van der Waals surface area contributed by atoms with Gasteiger partial charge in [-0.25, -0.2) is 8.42 Å². The number of pyridine rings is 1. The van der Waals surface area contributed by atoms with Gasteiger partial charge in [0.2, 0.25) is 0 Å². The summed E-state index contributed by atoms with van der Waals surface area (Å²) in [5.41, 5.74) is 2.33. The van der Waals surface area contributed by atoms with Crippen LogP contribution >= 0.6 is 0 Å². The predicted molar refractivity (Wildman–Crippen MR) is 119 cm³/mol. The lowest BCUT2D eigenvalue weighted by Gasteiger charge is -2.26. The van der Waals surface area contributed by atoms with Crippen molar-refractivity contribution < 1.29 is 17.9 Å². The molecule has 0 N–H and O–H groups in total. The van der Waals surface area contributed by atoms with Gasteiger partial charge in [-0.15, -0.1) is 0 Å². The zero-order valence-corrected chi connectivity index (χ0v) is 17.7. The third-order valence-electron chi connectivity index (χ3n) is 4.51. The Kier molecular flexibility index (Phi) is 7.21. The Morgan fingerprint density at radius 1 is 0.933 bits per heavy atom. The topological polar surface area (TPSA) is 68.7 Å². The lowest BCUT2D eigenvalue weighted by atomic mass is 10.1. The van der Waals surface area contributed by atoms with Crippen LogP contribution in [-0.2, 0) is 14.8 Å². The Labute approximate surface area is 177 Å². The number of nitrogens with zero attached hydrogens (tertiary/aromatic N) is 2. The normalized spacial score (nSPS) is 11.5. The van der Waals surface area contributed by atoms with E-state index in [0.29, 0.717) is 11.4 Å². The highest BCUT2D eigenvalue weighted by atomic mass is 32.2. The molecule has 0 radical (unpaired) electrons. The van der Waals surface area contributed by atoms with E-state index >= 15 is 0 Å². The number of rotatable bonds is 9. The summed E-state index contributed by atoms with van der Waals surface area (Å²) in [5, 5.41) is 0. The molecule has 2 aromatic carbocycles. The molecule has 0 saturated carbocycles. The van der Waals surface area contributed by atoms with E-state index in [0.717, 1.165) is 11.1 Å². The van der Waals surface area contributed by atoms with Gasteiger partial charge in [0.25, 0.3) is 10.0 Å². The van der Waals surface area contributed by atoms with Gasteiger partial charge in [0.05, 0.1) is 30.8 Å². The van der Waals surface area contributed by atoms with Crippen LogP contribution in [0.3, 0.4) is 0 Å². The number of methoxy groups -OCH3 is 2. The molecular weight excluding hydrogens is 400 g/mol. The maximum absolute atomic E-state index is 13.5. The Morgan fingerprint density at radius 3 is 2.30 bits per heavy atom. The number of aromatic nitrogens is 1. The molecular formula is C23H24N2O4S. The van der Waals surface area contributed by atoms with Crippen LogP contribution in [0.25, 0.3) is 12.2 Å². The van der Waals surface area contributed by atoms with Gasteiger partial charge in [-0.1, -0.05) is 30.4 Å². The fourth-order valence-corrected chi connectivity index (χ4v) is 4.41. The van der Waals surface area contributed by atoms with Gasteiger partial charge in [0, 0.05) is 19.5 Å². The van der Waals surface area contributed by atoms with Crippen molar-refractivity contribution in [2.24, 2.45) is 0 Å². The number of hydrogen-bond donors (Lipinski definition) is 0. The van der Waals surface area contributed by atoms with E-state index in [1.54, 1.807) is 56.9 Å². The molecule has 0 aliphatic heterocycles. The standard InChI is InChI=1S/C23H24N2O4S/c1-28-18-17-25(30(26,27)22-11-9-21(29-2)10-12-22)23-6-4-3-5-20(23)8-7-19-13-15-24-16-14-19/h3-16H,17-18H2,1-2H3. The average molecular weight is 425 g/mol. The first-order valence-electron chi connectivity index (χ1n) is 9.39. The zero-order chi connectivity index (χ0) is 21.4. The molecule has 156 valence electrons. The Balaban J connectivity index is 2.02. The lowest BCUT2D eigenvalue weighted by Crippen LogP contribution is -2.34. The third-order valence-corrected chi connectivity index (χ3v) is 6.34. The summed E-state index contributed by atoms with van der Waals surface area (Å²) in [6.45, 7) is 0.447. The predicted octanol–water partition coefficient (Wildman–Crippen LogP) is 4.10. The Bertz CT molecular complexity index is 1080. The first kappa shape index (κ1) is 21.5. The summed E-state index contributed by atoms with van der Waals surface area (Å²) in [6, 6.07) is 17.5. The molecule has 7 heteroatoms. The van der Waals surface area contributed by atoms with E-state index in [9.17, 15) is 8.42 Å². The summed E-state index contributed by atoms with van der Waals surface area (Å²) in [7, 11) is -0.712. The van der Waals surface area contributed by atoms with E-state index in [4.69, 9.17) is 9.47 Å². The fraction of sp³-hybridized carbons (Fsp3) is 0.174. The maximum Gasteiger partial charge on any atom is 0.264 e. The van der Waals surface area contributed by atoms with Crippen LogP contribution in [0.4, 0.5) is 5.69 Å². The van der Waals surface area contributed by atoms with Crippen LogP contribution in [0.15, 0.2) is 78.0 Å². The second kappa shape index (κ2) is 10.0. The molecule has 0 fully saturated rings. The summed E-state index contributed by atoms with van der Waals surface area (Å²) in [6.07, 6.45) is 7.25. The largest absolute Gasteiger partial charge is 0.497 e. The molecule has 0 aliphatic rings. The molecule has 3 rings (SSSR count). The second-order valence-corrected chi connectivity index (χ2v) is 8.28. The van der Waals surface area contributed by atoms with Gasteiger partial charge in [-0.3, -0.25) is 9.29 Å². The quantitative estimate of drug-likeness (QED) is 0.517. The van der Waals surface area contributed by atoms with E-state index in [-0.39, 0.29) is 18.0 Å². The van der Waals surface area contributed by atoms with Gasteiger partial charge in [0.15, 0.2) is 0 Å². The van der Waals surface area contributed by atoms with E-state index in [1.807, 2.05) is 42.5 Å². The molecule has 0 bridgehead atoms. The minimum Gasteiger partial charge on any atom is -0.497 e. The molecule has 30 heavy (non-hydrogen) atoms. The van der Waals surface area contributed by atoms with Crippen molar-refractivity contribution in [1.29, 1.82) is 0 Å². The molecule has 1 aromatic heterocycles. The second-order valence-electron chi connectivity index (χ2n) is 6.42. The van der Waals surface area contributed by atoms with Crippen LogP contribution in [0.2, 0.25) is 0 Å². The number of ether oxygens (including phenoxy) is 2. The van der Waals surface area contributed by atoms with Gasteiger partial charge in [0.1, 0.15) is 5.75 Å². The van der Waals surface area contributed by atoms with Crippen LogP contribution in [-0.4, -0.2) is 40.8 Å². The molecule has 0 atom stereocenters. The molecule has 3 aromatic rings. The van der Waals surface area contributed by atoms with Crippen LogP contribution in [0.1, 0.15) is 11.1 Å². The Morgan fingerprint density at radius 2 is 1.63 bits per heavy atom. The van der Waals surface area contributed by atoms with Crippen molar-refractivity contribution in [2.75, 3.05) is 31.7 Å². The molecule has 1 heterocycles. The molecule has 0 amide bonds. The summed E-state index contributed by atoms with van der Waals surface area (Å²) in [5.74, 6) is 0.595.